The van der Waals surface area contributed by atoms with E-state index in [0.717, 1.165) is 12.1 Å². The minimum atomic E-state index is -0.739. The van der Waals surface area contributed by atoms with E-state index in [0.29, 0.717) is 5.56 Å². The first-order chi connectivity index (χ1) is 13.5. The Morgan fingerprint density at radius 2 is 1.68 bits per heavy atom. The maximum absolute atomic E-state index is 13.7. The Kier molecular flexibility index (Phi) is 5.05. The number of H-pyrrole nitrogens is 1. The monoisotopic (exact) mass is 378 g/mol. The fourth-order valence-electron chi connectivity index (χ4n) is 2.70. The molecule has 0 aliphatic heterocycles. The fourth-order valence-corrected chi connectivity index (χ4v) is 2.70. The van der Waals surface area contributed by atoms with Gasteiger partial charge in [0.1, 0.15) is 53.1 Å². The van der Waals surface area contributed by atoms with E-state index in [1.807, 2.05) is 6.07 Å². The highest BCUT2D eigenvalue weighted by atomic mass is 19.1. The van der Waals surface area contributed by atoms with Crippen molar-refractivity contribution in [2.45, 2.75) is 6.61 Å². The summed E-state index contributed by atoms with van der Waals surface area (Å²) in [6, 6.07) is 13.2. The van der Waals surface area contributed by atoms with Crippen molar-refractivity contribution in [2.75, 3.05) is 5.73 Å². The van der Waals surface area contributed by atoms with Crippen molar-refractivity contribution in [1.82, 2.24) is 4.98 Å². The SMILES string of the molecule is N#Cc1c(N)[nH]c(=O)c(C#N)c1-c1cccc(OCc2c(F)cccc2F)c1. The summed E-state index contributed by atoms with van der Waals surface area (Å²) in [5.74, 6) is -1.41. The Morgan fingerprint density at radius 3 is 2.32 bits per heavy atom. The van der Waals surface area contributed by atoms with Crippen LogP contribution in [0, 0.1) is 34.3 Å². The van der Waals surface area contributed by atoms with Gasteiger partial charge in [-0.3, -0.25) is 4.79 Å². The predicted molar refractivity (Wildman–Crippen MR) is 97.0 cm³/mol. The van der Waals surface area contributed by atoms with Crippen LogP contribution in [0.4, 0.5) is 14.6 Å². The molecular weight excluding hydrogens is 366 g/mol. The molecule has 28 heavy (non-hydrogen) atoms. The molecule has 0 bridgehead atoms. The van der Waals surface area contributed by atoms with Crippen LogP contribution in [0.2, 0.25) is 0 Å². The van der Waals surface area contributed by atoms with E-state index in [1.54, 1.807) is 18.2 Å². The molecule has 0 atom stereocenters. The quantitative estimate of drug-likeness (QED) is 0.723. The molecule has 0 unspecified atom stereocenters. The summed E-state index contributed by atoms with van der Waals surface area (Å²) in [6.07, 6.45) is 0. The van der Waals surface area contributed by atoms with Crippen LogP contribution in [0.25, 0.3) is 11.1 Å². The summed E-state index contributed by atoms with van der Waals surface area (Å²) in [5, 5.41) is 18.7. The largest absolute Gasteiger partial charge is 0.489 e. The summed E-state index contributed by atoms with van der Waals surface area (Å²) in [6.45, 7) is -0.365. The highest BCUT2D eigenvalue weighted by Crippen LogP contribution is 2.30. The van der Waals surface area contributed by atoms with Crippen molar-refractivity contribution < 1.29 is 13.5 Å². The summed E-state index contributed by atoms with van der Waals surface area (Å²) in [5.41, 5.74) is 4.79. The molecule has 1 aromatic heterocycles. The topological polar surface area (TPSA) is 116 Å². The van der Waals surface area contributed by atoms with Gasteiger partial charge in [-0.05, 0) is 29.8 Å². The molecule has 0 saturated carbocycles. The molecule has 138 valence electrons. The lowest BCUT2D eigenvalue weighted by molar-refractivity contribution is 0.292. The van der Waals surface area contributed by atoms with Gasteiger partial charge in [-0.25, -0.2) is 8.78 Å². The number of rotatable bonds is 4. The van der Waals surface area contributed by atoms with Gasteiger partial charge in [0.2, 0.25) is 0 Å². The van der Waals surface area contributed by atoms with Crippen LogP contribution in [0.1, 0.15) is 16.7 Å². The third kappa shape index (κ3) is 3.39. The molecule has 3 rings (SSSR count). The highest BCUT2D eigenvalue weighted by Gasteiger charge is 2.18. The number of benzene rings is 2. The van der Waals surface area contributed by atoms with Crippen molar-refractivity contribution in [3.63, 3.8) is 0 Å². The number of nitrogens with two attached hydrogens (primary N) is 1. The maximum Gasteiger partial charge on any atom is 0.268 e. The van der Waals surface area contributed by atoms with Crippen molar-refractivity contribution in [2.24, 2.45) is 0 Å². The van der Waals surface area contributed by atoms with Gasteiger partial charge >= 0.3 is 0 Å². The van der Waals surface area contributed by atoms with E-state index < -0.39 is 17.2 Å². The van der Waals surface area contributed by atoms with E-state index in [4.69, 9.17) is 10.5 Å². The second-order valence-electron chi connectivity index (χ2n) is 5.73. The lowest BCUT2D eigenvalue weighted by Crippen LogP contribution is -2.16. The highest BCUT2D eigenvalue weighted by molar-refractivity contribution is 5.80. The van der Waals surface area contributed by atoms with Gasteiger partial charge in [0.05, 0.1) is 5.56 Å². The fraction of sp³-hybridized carbons (Fsp3) is 0.0500. The van der Waals surface area contributed by atoms with E-state index in [9.17, 15) is 24.1 Å². The molecule has 0 aliphatic rings. The van der Waals surface area contributed by atoms with Gasteiger partial charge in [-0.2, -0.15) is 10.5 Å². The van der Waals surface area contributed by atoms with Crippen molar-refractivity contribution in [3.05, 3.63) is 81.1 Å². The first-order valence-corrected chi connectivity index (χ1v) is 7.98. The molecule has 6 nitrogen and oxygen atoms in total. The second-order valence-corrected chi connectivity index (χ2v) is 5.73. The third-order valence-electron chi connectivity index (χ3n) is 4.04. The number of hydrogen-bond donors (Lipinski definition) is 2. The van der Waals surface area contributed by atoms with Crippen LogP contribution in [0.3, 0.4) is 0 Å². The molecule has 0 radical (unpaired) electrons. The molecule has 0 spiro atoms. The van der Waals surface area contributed by atoms with Gasteiger partial charge in [0.15, 0.2) is 0 Å². The third-order valence-corrected chi connectivity index (χ3v) is 4.04. The average molecular weight is 378 g/mol. The molecule has 0 fully saturated rings. The molecule has 1 heterocycles. The minimum absolute atomic E-state index is 0.0616. The zero-order valence-electron chi connectivity index (χ0n) is 14.3. The summed E-state index contributed by atoms with van der Waals surface area (Å²) in [4.78, 5) is 14.3. The number of nitrogens with one attached hydrogen (secondary N) is 1. The Morgan fingerprint density at radius 1 is 1.04 bits per heavy atom. The van der Waals surface area contributed by atoms with Crippen LogP contribution in [0.5, 0.6) is 5.75 Å². The molecule has 3 N–H and O–H groups in total. The number of ether oxygens (including phenoxy) is 1. The van der Waals surface area contributed by atoms with Crippen molar-refractivity contribution >= 4 is 5.82 Å². The average Bonchev–Trinajstić information content (AvgIpc) is 2.67. The van der Waals surface area contributed by atoms with E-state index in [2.05, 4.69) is 4.98 Å². The molecule has 3 aromatic rings. The lowest BCUT2D eigenvalue weighted by Gasteiger charge is -2.12. The number of nitriles is 2. The predicted octanol–water partition coefficient (Wildman–Crippen LogP) is 3.22. The van der Waals surface area contributed by atoms with Gasteiger partial charge in [0, 0.05) is 5.56 Å². The maximum atomic E-state index is 13.7. The van der Waals surface area contributed by atoms with Crippen LogP contribution in [-0.4, -0.2) is 4.98 Å². The number of aromatic nitrogens is 1. The number of halogens is 2. The second kappa shape index (κ2) is 7.60. The first-order valence-electron chi connectivity index (χ1n) is 7.98. The molecule has 8 heteroatoms. The number of aromatic amines is 1. The number of anilines is 1. The number of nitrogens with zero attached hydrogens (tertiary/aromatic N) is 2. The Balaban J connectivity index is 2.03. The van der Waals surface area contributed by atoms with Crippen LogP contribution < -0.4 is 16.0 Å². The summed E-state index contributed by atoms with van der Waals surface area (Å²) < 4.78 is 32.9. The molecule has 0 amide bonds. The van der Waals surface area contributed by atoms with Crippen molar-refractivity contribution in [3.8, 4) is 29.0 Å². The van der Waals surface area contributed by atoms with E-state index in [1.165, 1.54) is 18.2 Å². The zero-order chi connectivity index (χ0) is 20.3. The molecular formula is C20H12F2N4O2. The number of nitrogen functional groups attached to an aromatic ring is 1. The van der Waals surface area contributed by atoms with Crippen LogP contribution in [0.15, 0.2) is 47.3 Å². The summed E-state index contributed by atoms with van der Waals surface area (Å²) in [7, 11) is 0. The number of hydrogen-bond acceptors (Lipinski definition) is 5. The molecule has 0 aliphatic carbocycles. The Labute approximate surface area is 158 Å². The zero-order valence-corrected chi connectivity index (χ0v) is 14.3. The van der Waals surface area contributed by atoms with Gasteiger partial charge in [0.25, 0.3) is 5.56 Å². The first kappa shape index (κ1) is 18.6. The standard InChI is InChI=1S/C20H12F2N4O2/c21-16-5-2-6-17(22)15(16)10-28-12-4-1-3-11(7-12)18-13(8-23)19(25)26-20(27)14(18)9-24/h1-7H,10H2,(H3,25,26,27). The number of pyridine rings is 1. The van der Waals surface area contributed by atoms with Gasteiger partial charge in [-0.15, -0.1) is 0 Å². The van der Waals surface area contributed by atoms with Crippen LogP contribution >= 0.6 is 0 Å². The Bertz CT molecular complexity index is 1190. The van der Waals surface area contributed by atoms with Gasteiger partial charge in [-0.1, -0.05) is 18.2 Å². The summed E-state index contributed by atoms with van der Waals surface area (Å²) >= 11 is 0. The van der Waals surface area contributed by atoms with E-state index in [-0.39, 0.29) is 40.4 Å². The molecule has 2 aromatic carbocycles. The van der Waals surface area contributed by atoms with E-state index >= 15 is 0 Å². The Hall–Kier alpha value is -4.17. The van der Waals surface area contributed by atoms with Gasteiger partial charge < -0.3 is 15.5 Å². The molecule has 0 saturated heterocycles. The smallest absolute Gasteiger partial charge is 0.268 e. The normalized spacial score (nSPS) is 10.1. The van der Waals surface area contributed by atoms with Crippen molar-refractivity contribution in [1.29, 1.82) is 10.5 Å². The lowest BCUT2D eigenvalue weighted by atomic mass is 9.96. The van der Waals surface area contributed by atoms with Crippen LogP contribution in [-0.2, 0) is 6.61 Å². The minimum Gasteiger partial charge on any atom is -0.489 e.